The van der Waals surface area contributed by atoms with Gasteiger partial charge in [-0.05, 0) is 6.92 Å². The summed E-state index contributed by atoms with van der Waals surface area (Å²) in [5.74, 6) is 0. The second kappa shape index (κ2) is 10.3. The van der Waals surface area contributed by atoms with Gasteiger partial charge in [0.1, 0.15) is 0 Å². The van der Waals surface area contributed by atoms with E-state index in [-0.39, 0.29) is 47.4 Å². The Bertz CT molecular complexity index is 21.7. The van der Waals surface area contributed by atoms with Crippen LogP contribution in [0.1, 0.15) is 6.92 Å². The first-order valence-electron chi connectivity index (χ1n) is 2.10. The van der Waals surface area contributed by atoms with Crippen molar-refractivity contribution in [3.8, 4) is 0 Å². The van der Waals surface area contributed by atoms with E-state index in [9.17, 15) is 0 Å². The molecule has 0 spiro atoms. The van der Waals surface area contributed by atoms with Crippen LogP contribution in [0.15, 0.2) is 0 Å². The number of ether oxygens (including phenoxy) is 1. The molecule has 0 aromatic rings. The summed E-state index contributed by atoms with van der Waals surface area (Å²) in [6.45, 7) is 3.20. The van der Waals surface area contributed by atoms with E-state index in [4.69, 9.17) is 9.84 Å². The molecule has 0 rings (SSSR count). The average molecular weight is 234 g/mol. The smallest absolute Gasteiger partial charge is 0.0697 e. The second-order valence-corrected chi connectivity index (χ2v) is 0.921. The molecule has 0 radical (unpaired) electrons. The maximum Gasteiger partial charge on any atom is 0.0697 e. The summed E-state index contributed by atoms with van der Waals surface area (Å²) >= 11 is 0. The van der Waals surface area contributed by atoms with Gasteiger partial charge >= 0.3 is 0 Å². The van der Waals surface area contributed by atoms with Gasteiger partial charge in [0.15, 0.2) is 0 Å². The number of hydrogen-bond donors (Lipinski definition) is 1. The van der Waals surface area contributed by atoms with Gasteiger partial charge in [-0.25, -0.2) is 0 Å². The van der Waals surface area contributed by atoms with Crippen molar-refractivity contribution in [3.05, 3.63) is 0 Å². The van der Waals surface area contributed by atoms with E-state index in [0.29, 0.717) is 13.2 Å². The van der Waals surface area contributed by atoms with E-state index in [1.165, 1.54) is 0 Å². The Morgan fingerprint density at radius 2 is 2.14 bits per heavy atom. The van der Waals surface area contributed by atoms with Crippen LogP contribution in [-0.2, 0) is 4.74 Å². The summed E-state index contributed by atoms with van der Waals surface area (Å²) < 4.78 is 4.73. The summed E-state index contributed by atoms with van der Waals surface area (Å²) in [6, 6.07) is 0. The molecular formula is C4H10NdO2. The molecule has 0 aromatic heterocycles. The zero-order chi connectivity index (χ0) is 4.83. The van der Waals surface area contributed by atoms with Gasteiger partial charge in [-0.3, -0.25) is 0 Å². The third kappa shape index (κ3) is 11.1. The molecule has 42 valence electrons. The monoisotopic (exact) mass is 232 g/mol. The Morgan fingerprint density at radius 3 is 2.29 bits per heavy atom. The van der Waals surface area contributed by atoms with Gasteiger partial charge in [0.2, 0.25) is 0 Å². The Labute approximate surface area is 76.8 Å². The Kier molecular flexibility index (Phi) is 16.3. The maximum atomic E-state index is 8.07. The zero-order valence-electron chi connectivity index (χ0n) is 4.48. The van der Waals surface area contributed by atoms with Crippen molar-refractivity contribution >= 4 is 0 Å². The quantitative estimate of drug-likeness (QED) is 0.697. The van der Waals surface area contributed by atoms with E-state index in [0.717, 1.165) is 0 Å². The summed E-state index contributed by atoms with van der Waals surface area (Å²) in [5, 5.41) is 8.07. The normalized spacial score (nSPS) is 7.71. The van der Waals surface area contributed by atoms with Crippen LogP contribution in [0.25, 0.3) is 0 Å². The molecule has 0 amide bonds. The van der Waals surface area contributed by atoms with Crippen LogP contribution in [0.5, 0.6) is 0 Å². The molecule has 0 aliphatic heterocycles. The van der Waals surface area contributed by atoms with Crippen molar-refractivity contribution in [3.63, 3.8) is 0 Å². The summed E-state index contributed by atoms with van der Waals surface area (Å²) in [4.78, 5) is 0. The first kappa shape index (κ1) is 11.1. The van der Waals surface area contributed by atoms with E-state index in [1.807, 2.05) is 6.92 Å². The van der Waals surface area contributed by atoms with Crippen LogP contribution >= 0.6 is 0 Å². The zero-order valence-corrected chi connectivity index (χ0v) is 7.68. The van der Waals surface area contributed by atoms with Crippen molar-refractivity contribution in [2.24, 2.45) is 0 Å². The van der Waals surface area contributed by atoms with Gasteiger partial charge in [-0.1, -0.05) is 0 Å². The van der Waals surface area contributed by atoms with E-state index < -0.39 is 0 Å². The predicted octanol–water partition coefficient (Wildman–Crippen LogP) is 0.0152. The van der Waals surface area contributed by atoms with Gasteiger partial charge in [-0.2, -0.15) is 0 Å². The topological polar surface area (TPSA) is 29.5 Å². The molecule has 0 aliphatic carbocycles. The van der Waals surface area contributed by atoms with Crippen LogP contribution in [0.3, 0.4) is 0 Å². The average Bonchev–Trinajstić information content (AvgIpc) is 1.61. The second-order valence-electron chi connectivity index (χ2n) is 0.921. The van der Waals surface area contributed by atoms with Crippen molar-refractivity contribution in [2.45, 2.75) is 6.92 Å². The fraction of sp³-hybridized carbons (Fsp3) is 1.00. The Balaban J connectivity index is 0. The van der Waals surface area contributed by atoms with E-state index in [1.54, 1.807) is 0 Å². The minimum Gasteiger partial charge on any atom is -0.394 e. The maximum absolute atomic E-state index is 8.07. The van der Waals surface area contributed by atoms with Crippen molar-refractivity contribution < 1.29 is 50.7 Å². The molecule has 0 saturated heterocycles. The molecule has 0 aliphatic rings. The minimum atomic E-state index is 0. The largest absolute Gasteiger partial charge is 0.394 e. The molecule has 2 nitrogen and oxygen atoms in total. The van der Waals surface area contributed by atoms with Gasteiger partial charge in [0.25, 0.3) is 0 Å². The number of rotatable bonds is 3. The van der Waals surface area contributed by atoms with Crippen LogP contribution in [0.2, 0.25) is 0 Å². The fourth-order valence-electron chi connectivity index (χ4n) is 0.209. The molecule has 0 unspecified atom stereocenters. The number of hydrogen-bond acceptors (Lipinski definition) is 2. The molecule has 0 heterocycles. The third-order valence-electron chi connectivity index (χ3n) is 0.440. The van der Waals surface area contributed by atoms with Crippen LogP contribution in [0.4, 0.5) is 0 Å². The summed E-state index contributed by atoms with van der Waals surface area (Å²) in [5.41, 5.74) is 0. The first-order valence-corrected chi connectivity index (χ1v) is 2.10. The molecule has 0 bridgehead atoms. The molecular weight excluding hydrogens is 224 g/mol. The molecule has 0 aromatic carbocycles. The molecule has 0 atom stereocenters. The van der Waals surface area contributed by atoms with Crippen molar-refractivity contribution in [1.82, 2.24) is 0 Å². The molecule has 3 heteroatoms. The minimum absolute atomic E-state index is 0. The molecule has 7 heavy (non-hydrogen) atoms. The van der Waals surface area contributed by atoms with Gasteiger partial charge in [0, 0.05) is 47.4 Å². The van der Waals surface area contributed by atoms with Crippen LogP contribution in [-0.4, -0.2) is 24.9 Å². The van der Waals surface area contributed by atoms with Gasteiger partial charge in [-0.15, -0.1) is 0 Å². The van der Waals surface area contributed by atoms with Gasteiger partial charge in [0.05, 0.1) is 13.2 Å². The van der Waals surface area contributed by atoms with E-state index in [2.05, 4.69) is 0 Å². The predicted molar refractivity (Wildman–Crippen MR) is 23.6 cm³/mol. The van der Waals surface area contributed by atoms with Crippen LogP contribution < -0.4 is 0 Å². The standard InChI is InChI=1S/C4H10O2.Nd/c1-2-6-4-3-5;/h5H,2-4H2,1H3;. The van der Waals surface area contributed by atoms with Gasteiger partial charge < -0.3 is 9.84 Å². The third-order valence-corrected chi connectivity index (χ3v) is 0.440. The Morgan fingerprint density at radius 1 is 1.57 bits per heavy atom. The molecule has 0 saturated carbocycles. The SMILES string of the molecule is CCOCCO.[Nd]. The van der Waals surface area contributed by atoms with Crippen molar-refractivity contribution in [2.75, 3.05) is 19.8 Å². The van der Waals surface area contributed by atoms with E-state index >= 15 is 0 Å². The first-order chi connectivity index (χ1) is 2.91. The van der Waals surface area contributed by atoms with Crippen molar-refractivity contribution in [1.29, 1.82) is 0 Å². The summed E-state index contributed by atoms with van der Waals surface area (Å²) in [6.07, 6.45) is 0. The molecule has 1 N–H and O–H groups in total. The summed E-state index contributed by atoms with van der Waals surface area (Å²) in [7, 11) is 0. The fourth-order valence-corrected chi connectivity index (χ4v) is 0.209. The number of aliphatic hydroxyl groups excluding tert-OH is 1. The Hall–Kier alpha value is 1.27. The van der Waals surface area contributed by atoms with Crippen LogP contribution in [0, 0.1) is 40.8 Å². The number of aliphatic hydroxyl groups is 1. The molecule has 0 fully saturated rings.